The molecule has 134 valence electrons. The maximum Gasteiger partial charge on any atom is 0.270 e. The lowest BCUT2D eigenvalue weighted by Crippen LogP contribution is -2.19. The van der Waals surface area contributed by atoms with Gasteiger partial charge in [0.25, 0.3) is 5.69 Å². The summed E-state index contributed by atoms with van der Waals surface area (Å²) in [6.07, 6.45) is 0. The molecular formula is C19H19N3O4. The molecule has 0 aromatic heterocycles. The van der Waals surface area contributed by atoms with Gasteiger partial charge in [-0.05, 0) is 29.7 Å². The Balaban J connectivity index is 1.93. The zero-order chi connectivity index (χ0) is 18.7. The highest BCUT2D eigenvalue weighted by Crippen LogP contribution is 2.36. The maximum atomic E-state index is 10.9. The largest absolute Gasteiger partial charge is 0.486 e. The Morgan fingerprint density at radius 3 is 2.54 bits per heavy atom. The molecule has 0 amide bonds. The molecule has 2 aromatic carbocycles. The highest BCUT2D eigenvalue weighted by molar-refractivity contribution is 5.62. The zero-order valence-electron chi connectivity index (χ0n) is 14.6. The van der Waals surface area contributed by atoms with Gasteiger partial charge in [-0.25, -0.2) is 0 Å². The molecule has 1 heterocycles. The number of rotatable bonds is 5. The molecular weight excluding hydrogens is 334 g/mol. The summed E-state index contributed by atoms with van der Waals surface area (Å²) in [5, 5.41) is 23.6. The van der Waals surface area contributed by atoms with Crippen molar-refractivity contribution in [3.63, 3.8) is 0 Å². The van der Waals surface area contributed by atoms with Crippen LogP contribution in [0.1, 0.15) is 31.0 Å². The first-order valence-corrected chi connectivity index (χ1v) is 8.34. The van der Waals surface area contributed by atoms with Gasteiger partial charge in [-0.3, -0.25) is 10.1 Å². The lowest BCUT2D eigenvalue weighted by Gasteiger charge is -2.26. The molecule has 0 aliphatic carbocycles. The van der Waals surface area contributed by atoms with Crippen molar-refractivity contribution in [3.8, 4) is 17.6 Å². The molecule has 1 atom stereocenters. The highest BCUT2D eigenvalue weighted by Gasteiger charge is 2.21. The number of nitro groups is 1. The third-order valence-corrected chi connectivity index (χ3v) is 4.24. The second kappa shape index (κ2) is 7.31. The van der Waals surface area contributed by atoms with E-state index < -0.39 is 4.92 Å². The first-order valence-electron chi connectivity index (χ1n) is 8.34. The summed E-state index contributed by atoms with van der Waals surface area (Å²) < 4.78 is 11.2. The third-order valence-electron chi connectivity index (χ3n) is 4.24. The van der Waals surface area contributed by atoms with E-state index in [1.54, 1.807) is 6.07 Å². The molecule has 7 nitrogen and oxygen atoms in total. The molecule has 1 aliphatic rings. The van der Waals surface area contributed by atoms with Crippen LogP contribution in [-0.4, -0.2) is 18.1 Å². The summed E-state index contributed by atoms with van der Waals surface area (Å²) in [6, 6.07) is 11.9. The molecule has 26 heavy (non-hydrogen) atoms. The number of ether oxygens (including phenoxy) is 2. The average Bonchev–Trinajstić information content (AvgIpc) is 2.65. The lowest BCUT2D eigenvalue weighted by atomic mass is 9.94. The fraction of sp³-hybridized carbons (Fsp3) is 0.316. The van der Waals surface area contributed by atoms with Gasteiger partial charge in [0.15, 0.2) is 11.5 Å². The number of anilines is 1. The number of benzene rings is 2. The Labute approximate surface area is 151 Å². The van der Waals surface area contributed by atoms with Crippen molar-refractivity contribution >= 4 is 11.4 Å². The first kappa shape index (κ1) is 17.5. The van der Waals surface area contributed by atoms with Gasteiger partial charge in [-0.15, -0.1) is 0 Å². The summed E-state index contributed by atoms with van der Waals surface area (Å²) in [4.78, 5) is 10.4. The predicted octanol–water partition coefficient (Wildman–Crippen LogP) is 4.05. The molecule has 0 saturated heterocycles. The quantitative estimate of drug-likeness (QED) is 0.643. The van der Waals surface area contributed by atoms with Gasteiger partial charge in [0.1, 0.15) is 19.3 Å². The number of nitrogens with zero attached hydrogens (tertiary/aromatic N) is 2. The number of nitrogens with one attached hydrogen (secondary N) is 1. The van der Waals surface area contributed by atoms with Gasteiger partial charge in [0.05, 0.1) is 22.2 Å². The monoisotopic (exact) mass is 353 g/mol. The maximum absolute atomic E-state index is 10.9. The van der Waals surface area contributed by atoms with Crippen molar-refractivity contribution in [2.45, 2.75) is 19.9 Å². The SMILES string of the molecule is CC(C)[C@@H](Nc1ccc([N+](=O)[O-])cc1C#N)c1ccc2c(c1)OCCO2. The number of non-ortho nitro benzene ring substituents is 1. The summed E-state index contributed by atoms with van der Waals surface area (Å²) in [7, 11) is 0. The van der Waals surface area contributed by atoms with Crippen LogP contribution in [0.15, 0.2) is 36.4 Å². The Morgan fingerprint density at radius 1 is 1.15 bits per heavy atom. The normalized spacial score (nSPS) is 13.8. The van der Waals surface area contributed by atoms with Gasteiger partial charge in [0.2, 0.25) is 0 Å². The van der Waals surface area contributed by atoms with Crippen molar-refractivity contribution in [2.24, 2.45) is 5.92 Å². The van der Waals surface area contributed by atoms with Gasteiger partial charge in [0, 0.05) is 12.1 Å². The van der Waals surface area contributed by atoms with Crippen LogP contribution in [0.3, 0.4) is 0 Å². The topological polar surface area (TPSA) is 97.4 Å². The van der Waals surface area contributed by atoms with Crippen molar-refractivity contribution in [2.75, 3.05) is 18.5 Å². The van der Waals surface area contributed by atoms with E-state index in [0.717, 1.165) is 11.3 Å². The molecule has 1 N–H and O–H groups in total. The fourth-order valence-electron chi connectivity index (χ4n) is 2.92. The third kappa shape index (κ3) is 3.54. The molecule has 0 saturated carbocycles. The molecule has 0 radical (unpaired) electrons. The van der Waals surface area contributed by atoms with E-state index in [1.807, 2.05) is 24.3 Å². The summed E-state index contributed by atoms with van der Waals surface area (Å²) >= 11 is 0. The van der Waals surface area contributed by atoms with Gasteiger partial charge < -0.3 is 14.8 Å². The summed E-state index contributed by atoms with van der Waals surface area (Å²) in [5.74, 6) is 1.63. The minimum Gasteiger partial charge on any atom is -0.486 e. The molecule has 7 heteroatoms. The van der Waals surface area contributed by atoms with E-state index in [-0.39, 0.29) is 23.2 Å². The van der Waals surface area contributed by atoms with E-state index in [9.17, 15) is 15.4 Å². The first-order chi connectivity index (χ1) is 12.5. The predicted molar refractivity (Wildman–Crippen MR) is 96.4 cm³/mol. The molecule has 0 fully saturated rings. The van der Waals surface area contributed by atoms with E-state index in [2.05, 4.69) is 19.2 Å². The molecule has 0 unspecified atom stereocenters. The minimum absolute atomic E-state index is 0.0978. The number of nitro benzene ring substituents is 1. The average molecular weight is 353 g/mol. The summed E-state index contributed by atoms with van der Waals surface area (Å²) in [6.45, 7) is 5.17. The van der Waals surface area contributed by atoms with Gasteiger partial charge in [-0.2, -0.15) is 5.26 Å². The Morgan fingerprint density at radius 2 is 1.88 bits per heavy atom. The summed E-state index contributed by atoms with van der Waals surface area (Å²) in [5.41, 5.74) is 1.69. The number of nitriles is 1. The van der Waals surface area contributed by atoms with Crippen LogP contribution in [0, 0.1) is 27.4 Å². The standard InChI is InChI=1S/C19H19N3O4/c1-12(2)19(13-3-6-17-18(10-13)26-8-7-25-17)21-16-5-4-15(22(23)24)9-14(16)11-20/h3-6,9-10,12,19,21H,7-8H2,1-2H3/t19-/m1/s1. The highest BCUT2D eigenvalue weighted by atomic mass is 16.6. The second-order valence-electron chi connectivity index (χ2n) is 6.37. The van der Waals surface area contributed by atoms with Crippen LogP contribution in [0.2, 0.25) is 0 Å². The zero-order valence-corrected chi connectivity index (χ0v) is 14.6. The molecule has 2 aromatic rings. The fourth-order valence-corrected chi connectivity index (χ4v) is 2.92. The van der Waals surface area contributed by atoms with Crippen LogP contribution >= 0.6 is 0 Å². The van der Waals surface area contributed by atoms with Crippen LogP contribution in [0.4, 0.5) is 11.4 Å². The molecule has 0 spiro atoms. The van der Waals surface area contributed by atoms with Crippen LogP contribution in [0.5, 0.6) is 11.5 Å². The van der Waals surface area contributed by atoms with Crippen LogP contribution < -0.4 is 14.8 Å². The number of hydrogen-bond donors (Lipinski definition) is 1. The van der Waals surface area contributed by atoms with E-state index >= 15 is 0 Å². The van der Waals surface area contributed by atoms with Crippen LogP contribution in [0.25, 0.3) is 0 Å². The lowest BCUT2D eigenvalue weighted by molar-refractivity contribution is -0.384. The number of hydrogen-bond acceptors (Lipinski definition) is 6. The molecule has 3 rings (SSSR count). The van der Waals surface area contributed by atoms with E-state index in [0.29, 0.717) is 24.7 Å². The molecule has 0 bridgehead atoms. The second-order valence-corrected chi connectivity index (χ2v) is 6.37. The Hall–Kier alpha value is -3.27. The van der Waals surface area contributed by atoms with Crippen molar-refractivity contribution in [1.82, 2.24) is 0 Å². The minimum atomic E-state index is -0.509. The van der Waals surface area contributed by atoms with Gasteiger partial charge in [-0.1, -0.05) is 19.9 Å². The smallest absolute Gasteiger partial charge is 0.270 e. The number of fused-ring (bicyclic) bond motifs is 1. The Kier molecular flexibility index (Phi) is 4.94. The van der Waals surface area contributed by atoms with Crippen molar-refractivity contribution in [3.05, 3.63) is 57.6 Å². The van der Waals surface area contributed by atoms with Crippen molar-refractivity contribution < 1.29 is 14.4 Å². The van der Waals surface area contributed by atoms with Crippen molar-refractivity contribution in [1.29, 1.82) is 5.26 Å². The van der Waals surface area contributed by atoms with E-state index in [1.165, 1.54) is 12.1 Å². The van der Waals surface area contributed by atoms with Crippen LogP contribution in [-0.2, 0) is 0 Å². The Bertz CT molecular complexity index is 874. The molecule has 1 aliphatic heterocycles. The van der Waals surface area contributed by atoms with Gasteiger partial charge >= 0.3 is 0 Å². The van der Waals surface area contributed by atoms with E-state index in [4.69, 9.17) is 9.47 Å².